The van der Waals surface area contributed by atoms with Crippen molar-refractivity contribution in [3.63, 3.8) is 0 Å². The number of thiophene rings is 1. The van der Waals surface area contributed by atoms with Crippen LogP contribution in [0.2, 0.25) is 5.02 Å². The highest BCUT2D eigenvalue weighted by atomic mass is 35.5. The van der Waals surface area contributed by atoms with Crippen LogP contribution in [0.15, 0.2) is 29.6 Å². The van der Waals surface area contributed by atoms with E-state index in [-0.39, 0.29) is 5.91 Å². The maximum atomic E-state index is 12.1. The van der Waals surface area contributed by atoms with E-state index in [9.17, 15) is 4.79 Å². The first-order chi connectivity index (χ1) is 8.61. The Kier molecular flexibility index (Phi) is 3.89. The van der Waals surface area contributed by atoms with E-state index in [0.29, 0.717) is 16.4 Å². The zero-order valence-electron chi connectivity index (χ0n) is 9.87. The molecule has 0 radical (unpaired) electrons. The van der Waals surface area contributed by atoms with E-state index in [0.717, 1.165) is 16.9 Å². The summed E-state index contributed by atoms with van der Waals surface area (Å²) in [6.45, 7) is 2.03. The molecule has 1 heterocycles. The summed E-state index contributed by atoms with van der Waals surface area (Å²) in [7, 11) is 0. The van der Waals surface area contributed by atoms with Crippen LogP contribution in [0.5, 0.6) is 0 Å². The lowest BCUT2D eigenvalue weighted by Gasteiger charge is -2.07. The van der Waals surface area contributed by atoms with Gasteiger partial charge in [-0.3, -0.25) is 4.79 Å². The van der Waals surface area contributed by atoms with Crippen LogP contribution in [-0.2, 0) is 6.42 Å². The van der Waals surface area contributed by atoms with Gasteiger partial charge in [-0.1, -0.05) is 18.5 Å². The topological polar surface area (TPSA) is 55.1 Å². The molecule has 0 saturated heterocycles. The predicted molar refractivity (Wildman–Crippen MR) is 77.5 cm³/mol. The summed E-state index contributed by atoms with van der Waals surface area (Å²) in [6.07, 6.45) is 0.842. The van der Waals surface area contributed by atoms with Gasteiger partial charge >= 0.3 is 0 Å². The fraction of sp³-hybridized carbons (Fsp3) is 0.154. The molecule has 18 heavy (non-hydrogen) atoms. The van der Waals surface area contributed by atoms with Crippen molar-refractivity contribution in [1.29, 1.82) is 0 Å². The highest BCUT2D eigenvalue weighted by molar-refractivity contribution is 7.12. The minimum absolute atomic E-state index is 0.108. The van der Waals surface area contributed by atoms with Crippen molar-refractivity contribution in [3.05, 3.63) is 45.1 Å². The number of rotatable bonds is 3. The molecule has 2 aromatic rings. The Bertz CT molecular complexity index is 580. The second-order valence-electron chi connectivity index (χ2n) is 3.82. The Morgan fingerprint density at radius 1 is 1.44 bits per heavy atom. The highest BCUT2D eigenvalue weighted by Crippen LogP contribution is 2.24. The van der Waals surface area contributed by atoms with Crippen LogP contribution in [0.25, 0.3) is 0 Å². The number of hydrogen-bond acceptors (Lipinski definition) is 3. The van der Waals surface area contributed by atoms with E-state index in [1.807, 2.05) is 18.4 Å². The van der Waals surface area contributed by atoms with Gasteiger partial charge in [-0.2, -0.15) is 0 Å². The lowest BCUT2D eigenvalue weighted by atomic mass is 10.2. The summed E-state index contributed by atoms with van der Waals surface area (Å²) in [4.78, 5) is 12.8. The van der Waals surface area contributed by atoms with E-state index < -0.39 is 0 Å². The molecule has 0 atom stereocenters. The maximum absolute atomic E-state index is 12.1. The van der Waals surface area contributed by atoms with Gasteiger partial charge < -0.3 is 11.1 Å². The summed E-state index contributed by atoms with van der Waals surface area (Å²) in [5.41, 5.74) is 7.85. The molecular weight excluding hydrogens is 268 g/mol. The van der Waals surface area contributed by atoms with E-state index in [1.165, 1.54) is 11.3 Å². The number of halogens is 1. The summed E-state index contributed by atoms with van der Waals surface area (Å²) in [5.74, 6) is -0.108. The lowest BCUT2D eigenvalue weighted by Crippen LogP contribution is -2.12. The van der Waals surface area contributed by atoms with Gasteiger partial charge in [0.05, 0.1) is 15.6 Å². The zero-order valence-corrected chi connectivity index (χ0v) is 11.4. The molecule has 1 aromatic carbocycles. The van der Waals surface area contributed by atoms with Crippen LogP contribution in [0.1, 0.15) is 22.2 Å². The van der Waals surface area contributed by atoms with Gasteiger partial charge in [0.15, 0.2) is 0 Å². The quantitative estimate of drug-likeness (QED) is 0.840. The molecule has 2 rings (SSSR count). The van der Waals surface area contributed by atoms with Crippen molar-refractivity contribution in [3.8, 4) is 0 Å². The van der Waals surface area contributed by atoms with Crippen molar-refractivity contribution in [2.45, 2.75) is 13.3 Å². The van der Waals surface area contributed by atoms with Crippen LogP contribution >= 0.6 is 22.9 Å². The molecule has 0 aliphatic heterocycles. The Balaban J connectivity index is 2.19. The first-order valence-electron chi connectivity index (χ1n) is 5.54. The molecule has 0 bridgehead atoms. The molecule has 1 aromatic heterocycles. The summed E-state index contributed by atoms with van der Waals surface area (Å²) in [6, 6.07) is 7.02. The third-order valence-electron chi connectivity index (χ3n) is 2.59. The average molecular weight is 281 g/mol. The fourth-order valence-electron chi connectivity index (χ4n) is 1.62. The second-order valence-corrected chi connectivity index (χ2v) is 5.14. The van der Waals surface area contributed by atoms with Crippen molar-refractivity contribution < 1.29 is 4.79 Å². The molecule has 3 N–H and O–H groups in total. The fourth-order valence-corrected chi connectivity index (χ4v) is 2.63. The maximum Gasteiger partial charge on any atom is 0.266 e. The number of nitrogens with one attached hydrogen (secondary N) is 1. The van der Waals surface area contributed by atoms with E-state index in [1.54, 1.807) is 18.2 Å². The molecule has 0 saturated carbocycles. The van der Waals surface area contributed by atoms with Gasteiger partial charge in [0.2, 0.25) is 0 Å². The molecule has 5 heteroatoms. The summed E-state index contributed by atoms with van der Waals surface area (Å²) in [5, 5.41) is 5.23. The molecule has 1 amide bonds. The number of nitrogens with two attached hydrogens (primary N) is 1. The first kappa shape index (κ1) is 12.9. The number of nitrogen functional groups attached to an aromatic ring is 1. The van der Waals surface area contributed by atoms with Crippen LogP contribution in [-0.4, -0.2) is 5.91 Å². The molecule has 0 fully saturated rings. The van der Waals surface area contributed by atoms with Gasteiger partial charge in [-0.15, -0.1) is 11.3 Å². The highest BCUT2D eigenvalue weighted by Gasteiger charge is 2.12. The Morgan fingerprint density at radius 3 is 2.89 bits per heavy atom. The van der Waals surface area contributed by atoms with Crippen LogP contribution in [0.3, 0.4) is 0 Å². The molecule has 0 aliphatic carbocycles. The number of carbonyl (C=O) groups is 1. The monoisotopic (exact) mass is 280 g/mol. The number of anilines is 2. The average Bonchev–Trinajstić information content (AvgIpc) is 2.82. The molecular formula is C13H13ClN2OS. The van der Waals surface area contributed by atoms with E-state index >= 15 is 0 Å². The van der Waals surface area contributed by atoms with E-state index in [4.69, 9.17) is 17.3 Å². The largest absolute Gasteiger partial charge is 0.397 e. The SMILES string of the molecule is CCc1ccsc1C(=O)Nc1ccc(Cl)c(N)c1. The second kappa shape index (κ2) is 5.42. The molecule has 0 spiro atoms. The van der Waals surface area contributed by atoms with Gasteiger partial charge in [0, 0.05) is 5.69 Å². The third-order valence-corrected chi connectivity index (χ3v) is 3.89. The number of hydrogen-bond donors (Lipinski definition) is 2. The van der Waals surface area contributed by atoms with Gasteiger partial charge in [0.1, 0.15) is 0 Å². The van der Waals surface area contributed by atoms with E-state index in [2.05, 4.69) is 5.32 Å². The molecule has 3 nitrogen and oxygen atoms in total. The minimum atomic E-state index is -0.108. The van der Waals surface area contributed by atoms with Crippen LogP contribution < -0.4 is 11.1 Å². The molecule has 94 valence electrons. The van der Waals surface area contributed by atoms with Crippen molar-refractivity contribution in [2.24, 2.45) is 0 Å². The van der Waals surface area contributed by atoms with Crippen LogP contribution in [0, 0.1) is 0 Å². The Hall–Kier alpha value is -1.52. The number of aryl methyl sites for hydroxylation is 1. The third kappa shape index (κ3) is 2.66. The first-order valence-corrected chi connectivity index (χ1v) is 6.80. The number of amides is 1. The van der Waals surface area contributed by atoms with Gasteiger partial charge in [0.25, 0.3) is 5.91 Å². The predicted octanol–water partition coefficient (Wildman–Crippen LogP) is 3.80. The molecule has 0 unspecified atom stereocenters. The van der Waals surface area contributed by atoms with Crippen molar-refractivity contribution in [1.82, 2.24) is 0 Å². The Labute approximate surface area is 115 Å². The lowest BCUT2D eigenvalue weighted by molar-refractivity contribution is 0.103. The zero-order chi connectivity index (χ0) is 13.1. The smallest absolute Gasteiger partial charge is 0.266 e. The summed E-state index contributed by atoms with van der Waals surface area (Å²) < 4.78 is 0. The Morgan fingerprint density at radius 2 is 2.22 bits per heavy atom. The minimum Gasteiger partial charge on any atom is -0.397 e. The van der Waals surface area contributed by atoms with Crippen molar-refractivity contribution in [2.75, 3.05) is 11.1 Å². The van der Waals surface area contributed by atoms with Crippen molar-refractivity contribution >= 4 is 40.2 Å². The standard InChI is InChI=1S/C13H13ClN2OS/c1-2-8-5-6-18-12(8)13(17)16-9-3-4-10(14)11(15)7-9/h3-7H,2,15H2,1H3,(H,16,17). The normalized spacial score (nSPS) is 10.3. The molecule has 0 aliphatic rings. The number of carbonyl (C=O) groups excluding carboxylic acids is 1. The summed E-state index contributed by atoms with van der Waals surface area (Å²) >= 11 is 7.27. The van der Waals surface area contributed by atoms with Crippen LogP contribution in [0.4, 0.5) is 11.4 Å². The number of benzene rings is 1. The van der Waals surface area contributed by atoms with Gasteiger partial charge in [-0.25, -0.2) is 0 Å². The van der Waals surface area contributed by atoms with Gasteiger partial charge in [-0.05, 0) is 41.6 Å².